The highest BCUT2D eigenvalue weighted by Crippen LogP contribution is 2.38. The molecule has 0 atom stereocenters. The molecular formula is C14H19Cl2N. The fourth-order valence-corrected chi connectivity index (χ4v) is 2.89. The maximum absolute atomic E-state index is 6.16. The minimum absolute atomic E-state index is 0.489. The summed E-state index contributed by atoms with van der Waals surface area (Å²) in [5.41, 5.74) is 1.38. The number of anilines is 1. The summed E-state index contributed by atoms with van der Waals surface area (Å²) >= 11 is 12.3. The van der Waals surface area contributed by atoms with E-state index in [9.17, 15) is 0 Å². The molecule has 3 heteroatoms. The van der Waals surface area contributed by atoms with Crippen molar-refractivity contribution < 1.29 is 0 Å². The number of halogens is 2. The zero-order chi connectivity index (χ0) is 12.5. The van der Waals surface area contributed by atoms with E-state index in [4.69, 9.17) is 23.2 Å². The molecule has 1 fully saturated rings. The van der Waals surface area contributed by atoms with E-state index in [2.05, 4.69) is 19.2 Å². The monoisotopic (exact) mass is 271 g/mol. The van der Waals surface area contributed by atoms with Gasteiger partial charge in [-0.05, 0) is 43.2 Å². The minimum Gasteiger partial charge on any atom is -0.380 e. The van der Waals surface area contributed by atoms with E-state index >= 15 is 0 Å². The quantitative estimate of drug-likeness (QED) is 0.762. The Bertz CT molecular complexity index is 371. The van der Waals surface area contributed by atoms with Crippen molar-refractivity contribution in [1.29, 1.82) is 0 Å². The molecule has 1 aliphatic rings. The van der Waals surface area contributed by atoms with Crippen LogP contribution in [-0.4, -0.2) is 6.04 Å². The van der Waals surface area contributed by atoms with Crippen molar-refractivity contribution in [2.45, 2.75) is 45.6 Å². The summed E-state index contributed by atoms with van der Waals surface area (Å²) in [6, 6.07) is 6.13. The van der Waals surface area contributed by atoms with Crippen molar-refractivity contribution in [3.63, 3.8) is 0 Å². The van der Waals surface area contributed by atoms with Crippen molar-refractivity contribution in [1.82, 2.24) is 0 Å². The topological polar surface area (TPSA) is 12.0 Å². The van der Waals surface area contributed by atoms with Crippen molar-refractivity contribution in [3.05, 3.63) is 28.2 Å². The molecule has 1 saturated carbocycles. The van der Waals surface area contributed by atoms with Gasteiger partial charge in [0.05, 0.1) is 15.7 Å². The molecule has 1 aromatic rings. The number of rotatable bonds is 2. The molecule has 17 heavy (non-hydrogen) atoms. The lowest BCUT2D eigenvalue weighted by molar-refractivity contribution is 0.232. The van der Waals surface area contributed by atoms with Gasteiger partial charge in [-0.1, -0.05) is 43.1 Å². The Balaban J connectivity index is 2.03. The first-order chi connectivity index (χ1) is 7.98. The first-order valence-corrected chi connectivity index (χ1v) is 6.94. The van der Waals surface area contributed by atoms with Crippen LogP contribution < -0.4 is 5.32 Å². The smallest absolute Gasteiger partial charge is 0.0721 e. The van der Waals surface area contributed by atoms with E-state index in [0.717, 1.165) is 5.69 Å². The van der Waals surface area contributed by atoms with Crippen LogP contribution in [0.5, 0.6) is 0 Å². The number of hydrogen-bond acceptors (Lipinski definition) is 1. The molecular weight excluding hydrogens is 253 g/mol. The predicted molar refractivity (Wildman–Crippen MR) is 76.1 cm³/mol. The molecule has 0 spiro atoms. The first-order valence-electron chi connectivity index (χ1n) is 6.18. The maximum atomic E-state index is 6.16. The Morgan fingerprint density at radius 2 is 1.65 bits per heavy atom. The maximum Gasteiger partial charge on any atom is 0.0721 e. The highest BCUT2D eigenvalue weighted by atomic mass is 35.5. The summed E-state index contributed by atoms with van der Waals surface area (Å²) in [5, 5.41) is 4.91. The molecule has 0 heterocycles. The second-order valence-corrected chi connectivity index (χ2v) is 6.49. The predicted octanol–water partition coefficient (Wildman–Crippen LogP) is 5.37. The van der Waals surface area contributed by atoms with Gasteiger partial charge in [0.2, 0.25) is 0 Å². The fraction of sp³-hybridized carbons (Fsp3) is 0.571. The van der Waals surface area contributed by atoms with Crippen LogP contribution in [0.15, 0.2) is 18.2 Å². The van der Waals surface area contributed by atoms with Gasteiger partial charge in [0.15, 0.2) is 0 Å². The number of hydrogen-bond donors (Lipinski definition) is 1. The van der Waals surface area contributed by atoms with Gasteiger partial charge in [-0.2, -0.15) is 0 Å². The third-order valence-corrected chi connectivity index (χ3v) is 4.28. The Morgan fingerprint density at radius 1 is 1.12 bits per heavy atom. The summed E-state index contributed by atoms with van der Waals surface area (Å²) < 4.78 is 0. The number of para-hydroxylation sites is 1. The van der Waals surface area contributed by atoms with Gasteiger partial charge in [0.25, 0.3) is 0 Å². The molecule has 0 aromatic heterocycles. The molecule has 0 radical (unpaired) electrons. The van der Waals surface area contributed by atoms with E-state index < -0.39 is 0 Å². The van der Waals surface area contributed by atoms with Crippen molar-refractivity contribution in [2.24, 2.45) is 5.41 Å². The molecule has 2 rings (SSSR count). The normalized spacial score (nSPS) is 20.2. The molecule has 0 aliphatic heterocycles. The average molecular weight is 272 g/mol. The molecule has 0 amide bonds. The van der Waals surface area contributed by atoms with Crippen LogP contribution in [0.25, 0.3) is 0 Å². The molecule has 1 aliphatic carbocycles. The van der Waals surface area contributed by atoms with Crippen LogP contribution in [0, 0.1) is 5.41 Å². The second kappa shape index (κ2) is 5.07. The first kappa shape index (κ1) is 13.0. The Kier molecular flexibility index (Phi) is 3.89. The van der Waals surface area contributed by atoms with Crippen molar-refractivity contribution in [3.8, 4) is 0 Å². The lowest BCUT2D eigenvalue weighted by Gasteiger charge is -2.35. The lowest BCUT2D eigenvalue weighted by Crippen LogP contribution is -2.30. The molecule has 1 N–H and O–H groups in total. The van der Waals surface area contributed by atoms with E-state index in [0.29, 0.717) is 21.5 Å². The van der Waals surface area contributed by atoms with Gasteiger partial charge in [0, 0.05) is 6.04 Å². The van der Waals surface area contributed by atoms with Crippen LogP contribution in [0.1, 0.15) is 39.5 Å². The van der Waals surface area contributed by atoms with Crippen molar-refractivity contribution >= 4 is 28.9 Å². The van der Waals surface area contributed by atoms with Gasteiger partial charge in [-0.15, -0.1) is 0 Å². The molecule has 94 valence electrons. The third-order valence-electron chi connectivity index (χ3n) is 3.65. The molecule has 1 nitrogen and oxygen atoms in total. The van der Waals surface area contributed by atoms with Crippen LogP contribution in [0.4, 0.5) is 5.69 Å². The number of nitrogens with one attached hydrogen (secondary N) is 1. The van der Waals surface area contributed by atoms with Gasteiger partial charge in [0.1, 0.15) is 0 Å². The highest BCUT2D eigenvalue weighted by Gasteiger charge is 2.27. The second-order valence-electron chi connectivity index (χ2n) is 5.68. The van der Waals surface area contributed by atoms with Gasteiger partial charge >= 0.3 is 0 Å². The van der Waals surface area contributed by atoms with Crippen LogP contribution >= 0.6 is 23.2 Å². The van der Waals surface area contributed by atoms with Crippen LogP contribution in [0.3, 0.4) is 0 Å². The van der Waals surface area contributed by atoms with Gasteiger partial charge in [-0.3, -0.25) is 0 Å². The standard InChI is InChI=1S/C14H19Cl2N/c1-14(2)8-6-10(7-9-14)17-13-11(15)4-3-5-12(13)16/h3-5,10,17H,6-9H2,1-2H3. The van der Waals surface area contributed by atoms with E-state index in [1.54, 1.807) is 0 Å². The average Bonchev–Trinajstić information content (AvgIpc) is 2.26. The summed E-state index contributed by atoms with van der Waals surface area (Å²) in [6.07, 6.45) is 4.89. The number of benzene rings is 1. The van der Waals surface area contributed by atoms with Crippen LogP contribution in [-0.2, 0) is 0 Å². The Labute approximate surface area is 114 Å². The third kappa shape index (κ3) is 3.29. The highest BCUT2D eigenvalue weighted by molar-refractivity contribution is 6.39. The largest absolute Gasteiger partial charge is 0.380 e. The van der Waals surface area contributed by atoms with E-state index in [1.165, 1.54) is 25.7 Å². The summed E-state index contributed by atoms with van der Waals surface area (Å²) in [5.74, 6) is 0. The zero-order valence-corrected chi connectivity index (χ0v) is 11.9. The molecule has 0 bridgehead atoms. The van der Waals surface area contributed by atoms with Gasteiger partial charge in [-0.25, -0.2) is 0 Å². The zero-order valence-electron chi connectivity index (χ0n) is 10.4. The van der Waals surface area contributed by atoms with Gasteiger partial charge < -0.3 is 5.32 Å². The molecule has 1 aromatic carbocycles. The summed E-state index contributed by atoms with van der Waals surface area (Å²) in [4.78, 5) is 0. The summed E-state index contributed by atoms with van der Waals surface area (Å²) in [7, 11) is 0. The van der Waals surface area contributed by atoms with Crippen LogP contribution in [0.2, 0.25) is 10.0 Å². The van der Waals surface area contributed by atoms with E-state index in [-0.39, 0.29) is 0 Å². The SMILES string of the molecule is CC1(C)CCC(Nc2c(Cl)cccc2Cl)CC1. The lowest BCUT2D eigenvalue weighted by atomic mass is 9.75. The minimum atomic E-state index is 0.489. The Morgan fingerprint density at radius 3 is 2.18 bits per heavy atom. The Hall–Kier alpha value is -0.400. The summed E-state index contributed by atoms with van der Waals surface area (Å²) in [6.45, 7) is 4.68. The molecule has 0 unspecified atom stereocenters. The van der Waals surface area contributed by atoms with Crippen molar-refractivity contribution in [2.75, 3.05) is 5.32 Å². The molecule has 0 saturated heterocycles. The fourth-order valence-electron chi connectivity index (χ4n) is 2.38. The van der Waals surface area contributed by atoms with E-state index in [1.807, 2.05) is 18.2 Å².